The SMILES string of the molecule is CCNCc1oc2c(F)ccc(C)c2c1CC(C)C. The summed E-state index contributed by atoms with van der Waals surface area (Å²) in [6.45, 7) is 9.94. The summed E-state index contributed by atoms with van der Waals surface area (Å²) in [5, 5.41) is 4.22. The van der Waals surface area contributed by atoms with E-state index in [0.717, 1.165) is 35.2 Å². The van der Waals surface area contributed by atoms with E-state index in [2.05, 4.69) is 26.1 Å². The Kier molecular flexibility index (Phi) is 4.25. The van der Waals surface area contributed by atoms with Gasteiger partial charge in [-0.1, -0.05) is 26.8 Å². The van der Waals surface area contributed by atoms with Gasteiger partial charge in [0.1, 0.15) is 5.76 Å². The standard InChI is InChI=1S/C16H22FNO/c1-5-18-9-14-12(8-10(2)3)15-11(4)6-7-13(17)16(15)19-14/h6-7,10,18H,5,8-9H2,1-4H3. The fourth-order valence-electron chi connectivity index (χ4n) is 2.46. The number of hydrogen-bond donors (Lipinski definition) is 1. The third-order valence-electron chi connectivity index (χ3n) is 3.33. The van der Waals surface area contributed by atoms with Gasteiger partial charge in [0.05, 0.1) is 6.54 Å². The normalized spacial score (nSPS) is 11.7. The first kappa shape index (κ1) is 14.1. The fraction of sp³-hybridized carbons (Fsp3) is 0.500. The average Bonchev–Trinajstić information content (AvgIpc) is 2.71. The van der Waals surface area contributed by atoms with Crippen LogP contribution in [0.5, 0.6) is 0 Å². The van der Waals surface area contributed by atoms with Crippen molar-refractivity contribution in [2.75, 3.05) is 6.54 Å². The first-order valence-electron chi connectivity index (χ1n) is 6.94. The summed E-state index contributed by atoms with van der Waals surface area (Å²) in [6.07, 6.45) is 0.915. The third-order valence-corrected chi connectivity index (χ3v) is 3.33. The van der Waals surface area contributed by atoms with E-state index in [1.807, 2.05) is 13.0 Å². The van der Waals surface area contributed by atoms with Gasteiger partial charge >= 0.3 is 0 Å². The maximum absolute atomic E-state index is 13.9. The minimum Gasteiger partial charge on any atom is -0.456 e. The Hall–Kier alpha value is -1.35. The van der Waals surface area contributed by atoms with Crippen molar-refractivity contribution in [1.29, 1.82) is 0 Å². The molecular weight excluding hydrogens is 241 g/mol. The van der Waals surface area contributed by atoms with E-state index >= 15 is 0 Å². The van der Waals surface area contributed by atoms with Crippen LogP contribution >= 0.6 is 0 Å². The van der Waals surface area contributed by atoms with E-state index < -0.39 is 0 Å². The Morgan fingerprint density at radius 2 is 2.05 bits per heavy atom. The molecule has 2 aromatic rings. The number of halogens is 1. The number of hydrogen-bond acceptors (Lipinski definition) is 2. The van der Waals surface area contributed by atoms with Crippen LogP contribution in [-0.4, -0.2) is 6.54 Å². The van der Waals surface area contributed by atoms with Crippen molar-refractivity contribution in [3.05, 3.63) is 34.8 Å². The molecule has 1 heterocycles. The predicted molar refractivity (Wildman–Crippen MR) is 76.8 cm³/mol. The van der Waals surface area contributed by atoms with E-state index in [9.17, 15) is 4.39 Å². The summed E-state index contributed by atoms with van der Waals surface area (Å²) in [4.78, 5) is 0. The minimum absolute atomic E-state index is 0.270. The summed E-state index contributed by atoms with van der Waals surface area (Å²) >= 11 is 0. The highest BCUT2D eigenvalue weighted by atomic mass is 19.1. The van der Waals surface area contributed by atoms with Crippen molar-refractivity contribution in [3.8, 4) is 0 Å². The summed E-state index contributed by atoms with van der Waals surface area (Å²) < 4.78 is 19.7. The van der Waals surface area contributed by atoms with Gasteiger partial charge in [-0.2, -0.15) is 0 Å². The largest absolute Gasteiger partial charge is 0.456 e. The molecule has 0 spiro atoms. The van der Waals surface area contributed by atoms with Gasteiger partial charge in [0, 0.05) is 10.9 Å². The second-order valence-corrected chi connectivity index (χ2v) is 5.45. The van der Waals surface area contributed by atoms with Crippen molar-refractivity contribution >= 4 is 11.0 Å². The van der Waals surface area contributed by atoms with E-state index in [0.29, 0.717) is 18.0 Å². The highest BCUT2D eigenvalue weighted by Gasteiger charge is 2.19. The molecule has 0 aliphatic carbocycles. The van der Waals surface area contributed by atoms with Crippen LogP contribution in [0.3, 0.4) is 0 Å². The molecule has 2 nitrogen and oxygen atoms in total. The monoisotopic (exact) mass is 263 g/mol. The minimum atomic E-state index is -0.270. The fourth-order valence-corrected chi connectivity index (χ4v) is 2.46. The molecule has 0 saturated carbocycles. The van der Waals surface area contributed by atoms with Gasteiger partial charge in [0.15, 0.2) is 11.4 Å². The molecule has 3 heteroatoms. The summed E-state index contributed by atoms with van der Waals surface area (Å²) in [5.74, 6) is 1.12. The summed E-state index contributed by atoms with van der Waals surface area (Å²) in [7, 11) is 0. The van der Waals surface area contributed by atoms with Crippen LogP contribution in [0, 0.1) is 18.7 Å². The lowest BCUT2D eigenvalue weighted by Gasteiger charge is -2.07. The van der Waals surface area contributed by atoms with Gasteiger partial charge in [0.25, 0.3) is 0 Å². The number of furan rings is 1. The summed E-state index contributed by atoms with van der Waals surface area (Å²) in [6, 6.07) is 3.31. The van der Waals surface area contributed by atoms with Gasteiger partial charge in [-0.05, 0) is 37.4 Å². The average molecular weight is 263 g/mol. The molecule has 0 aliphatic rings. The van der Waals surface area contributed by atoms with Crippen molar-refractivity contribution in [1.82, 2.24) is 5.32 Å². The first-order chi connectivity index (χ1) is 9.04. The van der Waals surface area contributed by atoms with Gasteiger partial charge in [-0.15, -0.1) is 0 Å². The number of nitrogens with one attached hydrogen (secondary N) is 1. The smallest absolute Gasteiger partial charge is 0.170 e. The molecule has 0 amide bonds. The number of fused-ring (bicyclic) bond motifs is 1. The summed E-state index contributed by atoms with van der Waals surface area (Å²) in [5.41, 5.74) is 2.64. The van der Waals surface area contributed by atoms with Crippen LogP contribution in [0.15, 0.2) is 16.5 Å². The lowest BCUT2D eigenvalue weighted by Crippen LogP contribution is -2.12. The topological polar surface area (TPSA) is 25.2 Å². The van der Waals surface area contributed by atoms with Gasteiger partial charge < -0.3 is 9.73 Å². The zero-order chi connectivity index (χ0) is 14.0. The van der Waals surface area contributed by atoms with Gasteiger partial charge in [-0.3, -0.25) is 0 Å². The van der Waals surface area contributed by atoms with Crippen LogP contribution in [0.4, 0.5) is 4.39 Å². The van der Waals surface area contributed by atoms with Crippen LogP contribution in [-0.2, 0) is 13.0 Å². The van der Waals surface area contributed by atoms with E-state index in [4.69, 9.17) is 4.42 Å². The molecule has 1 N–H and O–H groups in total. The van der Waals surface area contributed by atoms with E-state index in [1.54, 1.807) is 0 Å². The van der Waals surface area contributed by atoms with Gasteiger partial charge in [0.2, 0.25) is 0 Å². The molecule has 1 aromatic heterocycles. The van der Waals surface area contributed by atoms with Crippen LogP contribution < -0.4 is 5.32 Å². The molecule has 0 unspecified atom stereocenters. The van der Waals surface area contributed by atoms with E-state index in [-0.39, 0.29) is 5.82 Å². The number of benzene rings is 1. The molecule has 0 bridgehead atoms. The first-order valence-corrected chi connectivity index (χ1v) is 6.94. The van der Waals surface area contributed by atoms with Crippen molar-refractivity contribution in [2.24, 2.45) is 5.92 Å². The third kappa shape index (κ3) is 2.81. The Balaban J connectivity index is 2.59. The molecule has 0 radical (unpaired) electrons. The number of rotatable bonds is 5. The zero-order valence-electron chi connectivity index (χ0n) is 12.1. The van der Waals surface area contributed by atoms with Crippen molar-refractivity contribution in [2.45, 2.75) is 40.7 Å². The molecule has 0 fully saturated rings. The highest BCUT2D eigenvalue weighted by molar-refractivity contribution is 5.86. The Morgan fingerprint density at radius 1 is 1.32 bits per heavy atom. The molecule has 104 valence electrons. The molecular formula is C16H22FNO. The quantitative estimate of drug-likeness (QED) is 0.875. The second kappa shape index (κ2) is 5.74. The highest BCUT2D eigenvalue weighted by Crippen LogP contribution is 2.32. The molecule has 0 atom stereocenters. The lowest BCUT2D eigenvalue weighted by atomic mass is 9.97. The van der Waals surface area contributed by atoms with Crippen molar-refractivity contribution < 1.29 is 8.81 Å². The maximum atomic E-state index is 13.9. The van der Waals surface area contributed by atoms with E-state index in [1.165, 1.54) is 6.07 Å². The Bertz CT molecular complexity index is 572. The molecule has 19 heavy (non-hydrogen) atoms. The maximum Gasteiger partial charge on any atom is 0.170 e. The van der Waals surface area contributed by atoms with Gasteiger partial charge in [-0.25, -0.2) is 4.39 Å². The van der Waals surface area contributed by atoms with Crippen LogP contribution in [0.1, 0.15) is 37.7 Å². The Morgan fingerprint density at radius 3 is 2.68 bits per heavy atom. The zero-order valence-corrected chi connectivity index (χ0v) is 12.1. The predicted octanol–water partition coefficient (Wildman–Crippen LogP) is 4.19. The molecule has 0 aliphatic heterocycles. The van der Waals surface area contributed by atoms with Crippen LogP contribution in [0.25, 0.3) is 11.0 Å². The lowest BCUT2D eigenvalue weighted by molar-refractivity contribution is 0.490. The molecule has 2 rings (SSSR count). The van der Waals surface area contributed by atoms with Crippen molar-refractivity contribution in [3.63, 3.8) is 0 Å². The second-order valence-electron chi connectivity index (χ2n) is 5.45. The van der Waals surface area contributed by atoms with Crippen LogP contribution in [0.2, 0.25) is 0 Å². The Labute approximate surface area is 114 Å². The number of aryl methyl sites for hydroxylation is 1. The molecule has 1 aromatic carbocycles. The molecule has 0 saturated heterocycles.